The zero-order chi connectivity index (χ0) is 22.1. The Morgan fingerprint density at radius 3 is 2.06 bits per heavy atom. The van der Waals surface area contributed by atoms with E-state index in [-0.39, 0.29) is 21.4 Å². The van der Waals surface area contributed by atoms with Crippen LogP contribution in [0.2, 0.25) is 10.0 Å². The fourth-order valence-corrected chi connectivity index (χ4v) is 4.54. The summed E-state index contributed by atoms with van der Waals surface area (Å²) in [5.74, 6) is -2.80. The number of Topliss-reactive ketones (excluding diaryl/α,β-unsaturated/α-hetero) is 1. The molecule has 1 saturated heterocycles. The normalized spacial score (nSPS) is 20.5. The van der Waals surface area contributed by atoms with Gasteiger partial charge in [0.1, 0.15) is 6.54 Å². The van der Waals surface area contributed by atoms with Crippen LogP contribution >= 0.6 is 23.2 Å². The summed E-state index contributed by atoms with van der Waals surface area (Å²) in [7, 11) is 0. The molecule has 2 fully saturated rings. The summed E-state index contributed by atoms with van der Waals surface area (Å²) in [4.78, 5) is 52.5. The Balaban J connectivity index is 1.70. The van der Waals surface area contributed by atoms with Gasteiger partial charge in [-0.2, -0.15) is 5.01 Å². The number of nitrogens with zero attached hydrogens (tertiary/aromatic N) is 2. The van der Waals surface area contributed by atoms with Gasteiger partial charge >= 0.3 is 0 Å². The second kappa shape index (κ2) is 8.81. The first-order chi connectivity index (χ1) is 14.9. The third kappa shape index (κ3) is 4.10. The number of carbonyl (C=O) groups excluding carboxylic acids is 4. The predicted molar refractivity (Wildman–Crippen MR) is 116 cm³/mol. The topological polar surface area (TPSA) is 74.8 Å². The quantitative estimate of drug-likeness (QED) is 0.491. The minimum atomic E-state index is -0.664. The SMILES string of the molecule is O=C(CN(C(=O)c1ccc(Cl)c(Cl)c1)N1C(=O)[C@@H]2CCCC[C@H]2C1=O)c1ccccc1. The molecule has 31 heavy (non-hydrogen) atoms. The van der Waals surface area contributed by atoms with Crippen LogP contribution in [0.15, 0.2) is 48.5 Å². The molecular weight excluding hydrogens is 439 g/mol. The average Bonchev–Trinajstić information content (AvgIpc) is 3.04. The maximum absolute atomic E-state index is 13.4. The van der Waals surface area contributed by atoms with Crippen molar-refractivity contribution in [2.75, 3.05) is 6.54 Å². The Morgan fingerprint density at radius 1 is 0.871 bits per heavy atom. The van der Waals surface area contributed by atoms with Crippen LogP contribution in [0.25, 0.3) is 0 Å². The molecule has 1 aliphatic carbocycles. The Kier molecular flexibility index (Phi) is 6.12. The molecule has 6 nitrogen and oxygen atoms in total. The predicted octanol–water partition coefficient (Wildman–Crippen LogP) is 4.41. The smallest absolute Gasteiger partial charge is 0.273 e. The molecule has 1 saturated carbocycles. The maximum Gasteiger partial charge on any atom is 0.273 e. The molecule has 0 radical (unpaired) electrons. The van der Waals surface area contributed by atoms with E-state index in [1.165, 1.54) is 18.2 Å². The Morgan fingerprint density at radius 2 is 1.48 bits per heavy atom. The van der Waals surface area contributed by atoms with E-state index in [0.717, 1.165) is 22.9 Å². The van der Waals surface area contributed by atoms with Crippen LogP contribution < -0.4 is 0 Å². The molecule has 2 aliphatic rings. The lowest BCUT2D eigenvalue weighted by Crippen LogP contribution is -2.52. The first-order valence-electron chi connectivity index (χ1n) is 10.1. The summed E-state index contributed by atoms with van der Waals surface area (Å²) in [6, 6.07) is 12.7. The van der Waals surface area contributed by atoms with Crippen molar-refractivity contribution >= 4 is 46.7 Å². The van der Waals surface area contributed by atoms with E-state index in [0.29, 0.717) is 18.4 Å². The first kappa shape index (κ1) is 21.5. The van der Waals surface area contributed by atoms with Crippen molar-refractivity contribution in [2.24, 2.45) is 11.8 Å². The Bertz CT molecular complexity index is 1030. The molecular formula is C23H20Cl2N2O4. The molecule has 4 rings (SSSR count). The summed E-state index contributed by atoms with van der Waals surface area (Å²) < 4.78 is 0. The highest BCUT2D eigenvalue weighted by Gasteiger charge is 2.51. The summed E-state index contributed by atoms with van der Waals surface area (Å²) in [6.07, 6.45) is 2.93. The number of halogens is 2. The number of benzene rings is 2. The molecule has 0 aromatic heterocycles. The number of hydrogen-bond acceptors (Lipinski definition) is 4. The molecule has 2 aromatic rings. The van der Waals surface area contributed by atoms with Crippen LogP contribution in [0.4, 0.5) is 0 Å². The number of hydrazine groups is 1. The minimum absolute atomic E-state index is 0.130. The fraction of sp³-hybridized carbons (Fsp3) is 0.304. The van der Waals surface area contributed by atoms with Gasteiger partial charge in [0, 0.05) is 11.1 Å². The molecule has 0 unspecified atom stereocenters. The second-order valence-corrected chi connectivity index (χ2v) is 8.58. The molecule has 0 bridgehead atoms. The lowest BCUT2D eigenvalue weighted by Gasteiger charge is -2.30. The largest absolute Gasteiger partial charge is 0.292 e. The molecule has 0 N–H and O–H groups in total. The number of ketones is 1. The van der Waals surface area contributed by atoms with Gasteiger partial charge in [0.25, 0.3) is 17.7 Å². The monoisotopic (exact) mass is 458 g/mol. The highest BCUT2D eigenvalue weighted by atomic mass is 35.5. The lowest BCUT2D eigenvalue weighted by atomic mass is 9.81. The highest BCUT2D eigenvalue weighted by Crippen LogP contribution is 2.39. The molecule has 1 aliphatic heterocycles. The average molecular weight is 459 g/mol. The van der Waals surface area contributed by atoms with Crippen molar-refractivity contribution in [3.05, 3.63) is 69.7 Å². The molecule has 2 atom stereocenters. The Labute approximate surface area is 189 Å². The van der Waals surface area contributed by atoms with Crippen molar-refractivity contribution in [1.29, 1.82) is 0 Å². The van der Waals surface area contributed by atoms with Crippen molar-refractivity contribution in [3.8, 4) is 0 Å². The van der Waals surface area contributed by atoms with Crippen molar-refractivity contribution in [3.63, 3.8) is 0 Å². The van der Waals surface area contributed by atoms with Crippen molar-refractivity contribution in [2.45, 2.75) is 25.7 Å². The second-order valence-electron chi connectivity index (χ2n) is 7.77. The maximum atomic E-state index is 13.4. The van der Waals surface area contributed by atoms with Crippen LogP contribution in [0.5, 0.6) is 0 Å². The fourth-order valence-electron chi connectivity index (χ4n) is 4.25. The van der Waals surface area contributed by atoms with Gasteiger partial charge < -0.3 is 0 Å². The summed E-state index contributed by atoms with van der Waals surface area (Å²) in [5.41, 5.74) is 0.511. The highest BCUT2D eigenvalue weighted by molar-refractivity contribution is 6.42. The van der Waals surface area contributed by atoms with Crippen LogP contribution in [0.3, 0.4) is 0 Å². The molecule has 1 heterocycles. The van der Waals surface area contributed by atoms with E-state index in [9.17, 15) is 19.2 Å². The standard InChI is InChI=1S/C23H20Cl2N2O4/c24-18-11-10-15(12-19(18)25)21(29)26(13-20(28)14-6-2-1-3-7-14)27-22(30)16-8-4-5-9-17(16)23(27)31/h1-3,6-7,10-12,16-17H,4-5,8-9,13H2/t16-,17-/m1/s1. The van der Waals surface area contributed by atoms with Crippen LogP contribution in [-0.4, -0.2) is 40.1 Å². The lowest BCUT2D eigenvalue weighted by molar-refractivity contribution is -0.154. The van der Waals surface area contributed by atoms with Crippen LogP contribution in [-0.2, 0) is 9.59 Å². The van der Waals surface area contributed by atoms with Gasteiger partial charge in [-0.15, -0.1) is 0 Å². The van der Waals surface area contributed by atoms with E-state index >= 15 is 0 Å². The summed E-state index contributed by atoms with van der Waals surface area (Å²) >= 11 is 12.0. The third-order valence-electron chi connectivity index (χ3n) is 5.85. The van der Waals surface area contributed by atoms with E-state index in [2.05, 4.69) is 0 Å². The van der Waals surface area contributed by atoms with Gasteiger partial charge in [-0.25, -0.2) is 5.01 Å². The van der Waals surface area contributed by atoms with E-state index in [1.54, 1.807) is 30.3 Å². The van der Waals surface area contributed by atoms with Gasteiger partial charge in [0.15, 0.2) is 5.78 Å². The van der Waals surface area contributed by atoms with E-state index < -0.39 is 36.1 Å². The van der Waals surface area contributed by atoms with Crippen molar-refractivity contribution < 1.29 is 19.2 Å². The molecule has 160 valence electrons. The number of imide groups is 1. The molecule has 8 heteroatoms. The van der Waals surface area contributed by atoms with Crippen LogP contribution in [0.1, 0.15) is 46.4 Å². The first-order valence-corrected chi connectivity index (χ1v) is 10.9. The molecule has 3 amide bonds. The van der Waals surface area contributed by atoms with Crippen LogP contribution in [0, 0.1) is 11.8 Å². The number of amides is 3. The zero-order valence-electron chi connectivity index (χ0n) is 16.6. The minimum Gasteiger partial charge on any atom is -0.292 e. The zero-order valence-corrected chi connectivity index (χ0v) is 18.1. The van der Waals surface area contributed by atoms with Gasteiger partial charge in [-0.3, -0.25) is 19.2 Å². The van der Waals surface area contributed by atoms with Gasteiger partial charge in [-0.05, 0) is 31.0 Å². The van der Waals surface area contributed by atoms with Gasteiger partial charge in [-0.1, -0.05) is 66.4 Å². The van der Waals surface area contributed by atoms with Gasteiger partial charge in [0.05, 0.1) is 21.9 Å². The summed E-state index contributed by atoms with van der Waals surface area (Å²) in [6.45, 7) is -0.444. The third-order valence-corrected chi connectivity index (χ3v) is 6.59. The Hall–Kier alpha value is -2.70. The van der Waals surface area contributed by atoms with Crippen molar-refractivity contribution in [1.82, 2.24) is 10.0 Å². The van der Waals surface area contributed by atoms with E-state index in [4.69, 9.17) is 23.2 Å². The number of rotatable bonds is 5. The molecule has 2 aromatic carbocycles. The summed E-state index contributed by atoms with van der Waals surface area (Å²) in [5, 5.41) is 2.27. The van der Waals surface area contributed by atoms with Gasteiger partial charge in [0.2, 0.25) is 0 Å². The number of fused-ring (bicyclic) bond motifs is 1. The van der Waals surface area contributed by atoms with E-state index in [1.807, 2.05) is 0 Å². The number of carbonyl (C=O) groups is 4. The number of hydrogen-bond donors (Lipinski definition) is 0. The molecule has 0 spiro atoms.